The van der Waals surface area contributed by atoms with Gasteiger partial charge in [0, 0.05) is 13.1 Å². The predicted octanol–water partition coefficient (Wildman–Crippen LogP) is 1.60. The van der Waals surface area contributed by atoms with Gasteiger partial charge in [-0.2, -0.15) is 0 Å². The van der Waals surface area contributed by atoms with Gasteiger partial charge in [0.1, 0.15) is 11.7 Å². The number of rotatable bonds is 3. The minimum Gasteiger partial charge on any atom is -0.465 e. The van der Waals surface area contributed by atoms with E-state index >= 15 is 0 Å². The molecule has 0 amide bonds. The van der Waals surface area contributed by atoms with E-state index in [1.165, 1.54) is 12.1 Å². The highest BCUT2D eigenvalue weighted by molar-refractivity contribution is 6.03. The van der Waals surface area contributed by atoms with Crippen molar-refractivity contribution in [1.29, 1.82) is 0 Å². The SMILES string of the molecule is CCOC(=O)C1CN(C)CC(c2ccc(F)cc2)C1=O. The van der Waals surface area contributed by atoms with Gasteiger partial charge < -0.3 is 9.64 Å². The topological polar surface area (TPSA) is 46.6 Å². The maximum Gasteiger partial charge on any atom is 0.317 e. The summed E-state index contributed by atoms with van der Waals surface area (Å²) in [5.74, 6) is -2.14. The fourth-order valence-electron chi connectivity index (χ4n) is 2.52. The van der Waals surface area contributed by atoms with Gasteiger partial charge in [0.2, 0.25) is 0 Å². The molecule has 0 radical (unpaired) electrons. The van der Waals surface area contributed by atoms with Crippen LogP contribution in [0.3, 0.4) is 0 Å². The molecule has 1 aliphatic rings. The van der Waals surface area contributed by atoms with Crippen LogP contribution in [0.1, 0.15) is 18.4 Å². The Kier molecular flexibility index (Phi) is 4.49. The van der Waals surface area contributed by atoms with Crippen LogP contribution in [0.2, 0.25) is 0 Å². The first kappa shape index (κ1) is 14.7. The summed E-state index contributed by atoms with van der Waals surface area (Å²) in [5, 5.41) is 0. The van der Waals surface area contributed by atoms with E-state index in [-0.39, 0.29) is 18.2 Å². The molecular weight excluding hydrogens is 261 g/mol. The number of hydrogen-bond acceptors (Lipinski definition) is 4. The van der Waals surface area contributed by atoms with Crippen LogP contribution in [0.25, 0.3) is 0 Å². The first-order valence-electron chi connectivity index (χ1n) is 6.67. The van der Waals surface area contributed by atoms with Gasteiger partial charge in [-0.15, -0.1) is 0 Å². The van der Waals surface area contributed by atoms with Crippen molar-refractivity contribution in [2.24, 2.45) is 5.92 Å². The molecular formula is C15H18FNO3. The second-order valence-corrected chi connectivity index (χ2v) is 5.03. The average Bonchev–Trinajstić information content (AvgIpc) is 2.42. The van der Waals surface area contributed by atoms with Gasteiger partial charge in [0.15, 0.2) is 5.78 Å². The van der Waals surface area contributed by atoms with Gasteiger partial charge in [-0.1, -0.05) is 12.1 Å². The second kappa shape index (κ2) is 6.13. The zero-order valence-corrected chi connectivity index (χ0v) is 11.6. The Morgan fingerprint density at radius 2 is 2.00 bits per heavy atom. The van der Waals surface area contributed by atoms with Gasteiger partial charge >= 0.3 is 5.97 Å². The van der Waals surface area contributed by atoms with Crippen molar-refractivity contribution in [2.75, 3.05) is 26.7 Å². The fraction of sp³-hybridized carbons (Fsp3) is 0.467. The Hall–Kier alpha value is -1.75. The van der Waals surface area contributed by atoms with Crippen molar-refractivity contribution in [3.63, 3.8) is 0 Å². The van der Waals surface area contributed by atoms with Gasteiger partial charge in [0.05, 0.1) is 12.5 Å². The minimum absolute atomic E-state index is 0.145. The zero-order chi connectivity index (χ0) is 14.7. The van der Waals surface area contributed by atoms with Crippen LogP contribution in [0.15, 0.2) is 24.3 Å². The standard InChI is InChI=1S/C15H18FNO3/c1-3-20-15(19)13-9-17(2)8-12(14(13)18)10-4-6-11(16)7-5-10/h4-7,12-13H,3,8-9H2,1-2H3. The van der Waals surface area contributed by atoms with E-state index in [0.29, 0.717) is 13.1 Å². The molecule has 1 aromatic rings. The highest BCUT2D eigenvalue weighted by atomic mass is 19.1. The molecule has 0 bridgehead atoms. The van der Waals surface area contributed by atoms with Crippen LogP contribution in [-0.4, -0.2) is 43.4 Å². The molecule has 2 atom stereocenters. The first-order valence-corrected chi connectivity index (χ1v) is 6.67. The normalized spacial score (nSPS) is 23.6. The number of hydrogen-bond donors (Lipinski definition) is 0. The molecule has 4 nitrogen and oxygen atoms in total. The Balaban J connectivity index is 2.22. The summed E-state index contributed by atoms with van der Waals surface area (Å²) in [4.78, 5) is 26.2. The molecule has 5 heteroatoms. The lowest BCUT2D eigenvalue weighted by molar-refractivity contribution is -0.154. The number of carbonyl (C=O) groups excluding carboxylic acids is 2. The molecule has 0 spiro atoms. The molecule has 1 heterocycles. The van der Waals surface area contributed by atoms with Crippen molar-refractivity contribution < 1.29 is 18.7 Å². The summed E-state index contributed by atoms with van der Waals surface area (Å²) >= 11 is 0. The number of nitrogens with zero attached hydrogens (tertiary/aromatic N) is 1. The van der Waals surface area contributed by atoms with Crippen LogP contribution in [0, 0.1) is 11.7 Å². The molecule has 108 valence electrons. The van der Waals surface area contributed by atoms with Gasteiger partial charge in [-0.25, -0.2) is 4.39 Å². The highest BCUT2D eigenvalue weighted by Crippen LogP contribution is 2.27. The van der Waals surface area contributed by atoms with Crippen molar-refractivity contribution in [1.82, 2.24) is 4.90 Å². The number of benzene rings is 1. The summed E-state index contributed by atoms with van der Waals surface area (Å²) in [6.07, 6.45) is 0. The molecule has 0 saturated carbocycles. The summed E-state index contributed by atoms with van der Waals surface area (Å²) < 4.78 is 17.9. The lowest BCUT2D eigenvalue weighted by atomic mass is 9.83. The molecule has 2 unspecified atom stereocenters. The van der Waals surface area contributed by atoms with Gasteiger partial charge in [-0.3, -0.25) is 9.59 Å². The van der Waals surface area contributed by atoms with Gasteiger partial charge in [0.25, 0.3) is 0 Å². The highest BCUT2D eigenvalue weighted by Gasteiger charge is 2.39. The quantitative estimate of drug-likeness (QED) is 0.623. The lowest BCUT2D eigenvalue weighted by Gasteiger charge is -2.33. The molecule has 1 saturated heterocycles. The third-order valence-electron chi connectivity index (χ3n) is 3.52. The lowest BCUT2D eigenvalue weighted by Crippen LogP contribution is -2.47. The van der Waals surface area contributed by atoms with Crippen molar-refractivity contribution in [2.45, 2.75) is 12.8 Å². The van der Waals surface area contributed by atoms with Crippen molar-refractivity contribution >= 4 is 11.8 Å². The molecule has 0 N–H and O–H groups in total. The molecule has 0 aliphatic carbocycles. The maximum atomic E-state index is 13.0. The van der Waals surface area contributed by atoms with Crippen molar-refractivity contribution in [3.05, 3.63) is 35.6 Å². The van der Waals surface area contributed by atoms with E-state index < -0.39 is 17.8 Å². The third kappa shape index (κ3) is 3.04. The fourth-order valence-corrected chi connectivity index (χ4v) is 2.52. The van der Waals surface area contributed by atoms with Crippen LogP contribution in [-0.2, 0) is 14.3 Å². The third-order valence-corrected chi connectivity index (χ3v) is 3.52. The summed E-state index contributed by atoms with van der Waals surface area (Å²) in [6.45, 7) is 2.87. The number of carbonyl (C=O) groups is 2. The van der Waals surface area contributed by atoms with E-state index in [4.69, 9.17) is 4.74 Å². The van der Waals surface area contributed by atoms with E-state index in [0.717, 1.165) is 5.56 Å². The Morgan fingerprint density at radius 3 is 2.60 bits per heavy atom. The number of ketones is 1. The Morgan fingerprint density at radius 1 is 1.35 bits per heavy atom. The van der Waals surface area contributed by atoms with E-state index in [2.05, 4.69) is 0 Å². The monoisotopic (exact) mass is 279 g/mol. The number of likely N-dealkylation sites (N-methyl/N-ethyl adjacent to an activating group) is 1. The number of Topliss-reactive ketones (excluding diaryl/α,β-unsaturated/α-hetero) is 1. The summed E-state index contributed by atoms with van der Waals surface area (Å²) in [7, 11) is 1.86. The van der Waals surface area contributed by atoms with Crippen LogP contribution >= 0.6 is 0 Å². The Bertz CT molecular complexity index is 500. The number of piperidine rings is 1. The number of likely N-dealkylation sites (tertiary alicyclic amines) is 1. The van der Waals surface area contributed by atoms with E-state index in [1.807, 2.05) is 11.9 Å². The zero-order valence-electron chi connectivity index (χ0n) is 11.6. The predicted molar refractivity (Wildman–Crippen MR) is 71.8 cm³/mol. The second-order valence-electron chi connectivity index (χ2n) is 5.03. The summed E-state index contributed by atoms with van der Waals surface area (Å²) in [6, 6.07) is 5.85. The summed E-state index contributed by atoms with van der Waals surface area (Å²) in [5.41, 5.74) is 0.734. The molecule has 1 aliphatic heterocycles. The molecule has 2 rings (SSSR count). The number of esters is 1. The minimum atomic E-state index is -0.760. The van der Waals surface area contributed by atoms with Crippen LogP contribution in [0.5, 0.6) is 0 Å². The number of ether oxygens (including phenoxy) is 1. The Labute approximate surface area is 117 Å². The molecule has 1 fully saturated rings. The molecule has 20 heavy (non-hydrogen) atoms. The maximum absolute atomic E-state index is 13.0. The first-order chi connectivity index (χ1) is 9.52. The van der Waals surface area contributed by atoms with Crippen LogP contribution < -0.4 is 0 Å². The molecule has 0 aromatic heterocycles. The average molecular weight is 279 g/mol. The van der Waals surface area contributed by atoms with E-state index in [1.54, 1.807) is 19.1 Å². The molecule has 1 aromatic carbocycles. The van der Waals surface area contributed by atoms with Crippen molar-refractivity contribution in [3.8, 4) is 0 Å². The van der Waals surface area contributed by atoms with Crippen LogP contribution in [0.4, 0.5) is 4.39 Å². The number of halogens is 1. The van der Waals surface area contributed by atoms with Gasteiger partial charge in [-0.05, 0) is 31.7 Å². The largest absolute Gasteiger partial charge is 0.465 e. The van der Waals surface area contributed by atoms with E-state index in [9.17, 15) is 14.0 Å². The smallest absolute Gasteiger partial charge is 0.317 e.